The Labute approximate surface area is 138 Å². The lowest BCUT2D eigenvalue weighted by Gasteiger charge is -2.22. The predicted molar refractivity (Wildman–Crippen MR) is 78.5 cm³/mol. The van der Waals surface area contributed by atoms with Gasteiger partial charge in [0.2, 0.25) is 10.5 Å². The molecular formula is C13H20Cl2O7. The summed E-state index contributed by atoms with van der Waals surface area (Å²) in [6, 6.07) is 0. The number of ether oxygens (including phenoxy) is 3. The highest BCUT2D eigenvalue weighted by Crippen LogP contribution is 2.13. The first kappa shape index (κ1) is 21.3. The van der Waals surface area contributed by atoms with Gasteiger partial charge < -0.3 is 19.3 Å². The fourth-order valence-corrected chi connectivity index (χ4v) is 1.71. The third-order valence-corrected chi connectivity index (χ3v) is 2.66. The number of hydrogen-bond donors (Lipinski definition) is 1. The summed E-state index contributed by atoms with van der Waals surface area (Å²) >= 11 is 9.46. The van der Waals surface area contributed by atoms with Gasteiger partial charge in [-0.2, -0.15) is 0 Å². The van der Waals surface area contributed by atoms with Crippen molar-refractivity contribution in [1.82, 2.24) is 0 Å². The van der Waals surface area contributed by atoms with Gasteiger partial charge in [0.05, 0.1) is 13.0 Å². The highest BCUT2D eigenvalue weighted by molar-refractivity contribution is 6.72. The first-order chi connectivity index (χ1) is 10.3. The maximum Gasteiger partial charge on any atom is 0.334 e. The summed E-state index contributed by atoms with van der Waals surface area (Å²) in [6.07, 6.45) is 1.46. The Morgan fingerprint density at radius 3 is 2.27 bits per heavy atom. The number of aliphatic hydroxyl groups is 1. The van der Waals surface area contributed by atoms with E-state index in [0.29, 0.717) is 6.61 Å². The molecule has 22 heavy (non-hydrogen) atoms. The second-order valence-electron chi connectivity index (χ2n) is 4.40. The molecule has 1 heterocycles. The van der Waals surface area contributed by atoms with E-state index in [9.17, 15) is 14.4 Å². The maximum absolute atomic E-state index is 10.8. The molecule has 2 atom stereocenters. The number of aliphatic hydroxyl groups excluding tert-OH is 1. The molecule has 0 saturated carbocycles. The van der Waals surface area contributed by atoms with Gasteiger partial charge in [0.1, 0.15) is 12.7 Å². The molecular weight excluding hydrogens is 339 g/mol. The lowest BCUT2D eigenvalue weighted by molar-refractivity contribution is -0.176. The lowest BCUT2D eigenvalue weighted by Crippen LogP contribution is -2.26. The fourth-order valence-electron chi connectivity index (χ4n) is 1.39. The number of esters is 1. The molecule has 9 heteroatoms. The van der Waals surface area contributed by atoms with Crippen LogP contribution in [0.15, 0.2) is 0 Å². The summed E-state index contributed by atoms with van der Waals surface area (Å²) in [5.41, 5.74) is 0. The molecule has 0 bridgehead atoms. The van der Waals surface area contributed by atoms with Crippen LogP contribution in [0.3, 0.4) is 0 Å². The van der Waals surface area contributed by atoms with Crippen molar-refractivity contribution >= 4 is 39.7 Å². The molecule has 1 N–H and O–H groups in total. The van der Waals surface area contributed by atoms with Crippen LogP contribution in [-0.2, 0) is 28.6 Å². The van der Waals surface area contributed by atoms with Crippen LogP contribution in [-0.4, -0.2) is 53.8 Å². The van der Waals surface area contributed by atoms with Crippen molar-refractivity contribution in [3.63, 3.8) is 0 Å². The third kappa shape index (κ3) is 13.0. The molecule has 1 saturated heterocycles. The van der Waals surface area contributed by atoms with E-state index in [1.165, 1.54) is 6.92 Å². The van der Waals surface area contributed by atoms with Gasteiger partial charge in [-0.3, -0.25) is 9.59 Å². The summed E-state index contributed by atoms with van der Waals surface area (Å²) in [4.78, 5) is 30.3. The van der Waals surface area contributed by atoms with Crippen LogP contribution in [0.1, 0.15) is 32.6 Å². The van der Waals surface area contributed by atoms with Gasteiger partial charge in [0.15, 0.2) is 6.29 Å². The zero-order valence-corrected chi connectivity index (χ0v) is 13.8. The molecule has 0 spiro atoms. The molecule has 0 aromatic carbocycles. The Morgan fingerprint density at radius 1 is 1.23 bits per heavy atom. The highest BCUT2D eigenvalue weighted by atomic mass is 35.5. The van der Waals surface area contributed by atoms with Crippen molar-refractivity contribution < 1.29 is 33.7 Å². The van der Waals surface area contributed by atoms with E-state index in [2.05, 4.69) is 0 Å². The van der Waals surface area contributed by atoms with E-state index in [4.69, 9.17) is 42.5 Å². The molecule has 1 aliphatic rings. The minimum Gasteiger partial charge on any atom is -0.461 e. The van der Waals surface area contributed by atoms with E-state index in [-0.39, 0.29) is 19.3 Å². The van der Waals surface area contributed by atoms with Crippen molar-refractivity contribution in [1.29, 1.82) is 0 Å². The van der Waals surface area contributed by atoms with E-state index >= 15 is 0 Å². The van der Waals surface area contributed by atoms with Crippen LogP contribution >= 0.6 is 23.2 Å². The van der Waals surface area contributed by atoms with Gasteiger partial charge in [0, 0.05) is 6.61 Å². The van der Waals surface area contributed by atoms with Gasteiger partial charge in [0.25, 0.3) is 0 Å². The second kappa shape index (κ2) is 12.8. The van der Waals surface area contributed by atoms with Crippen molar-refractivity contribution in [3.05, 3.63) is 0 Å². The van der Waals surface area contributed by atoms with Gasteiger partial charge in [-0.1, -0.05) is 0 Å². The highest BCUT2D eigenvalue weighted by Gasteiger charge is 2.14. The number of halogens is 2. The van der Waals surface area contributed by atoms with Crippen LogP contribution in [0.4, 0.5) is 0 Å². The third-order valence-electron chi connectivity index (χ3n) is 2.39. The summed E-state index contributed by atoms with van der Waals surface area (Å²) in [7, 11) is 0. The van der Waals surface area contributed by atoms with Crippen molar-refractivity contribution in [3.8, 4) is 0 Å². The monoisotopic (exact) mass is 358 g/mol. The first-order valence-corrected chi connectivity index (χ1v) is 7.53. The topological polar surface area (TPSA) is 99.1 Å². The van der Waals surface area contributed by atoms with Crippen molar-refractivity contribution in [2.45, 2.75) is 45.0 Å². The standard InChI is InChI=1S/C10H18O5.C3H2Cl2O2/c1-8(11)10(12)15-7-6-14-9-4-2-3-5-13-9;4-2(6)1-3(5)7/h8-9,11H,2-7H2,1H3;1H2. The Kier molecular flexibility index (Phi) is 12.4. The van der Waals surface area contributed by atoms with Gasteiger partial charge in [-0.05, 0) is 49.4 Å². The number of rotatable bonds is 7. The van der Waals surface area contributed by atoms with Crippen LogP contribution in [0, 0.1) is 0 Å². The van der Waals surface area contributed by atoms with E-state index in [0.717, 1.165) is 25.9 Å². The SMILES string of the molecule is CC(O)C(=O)OCCOC1CCCCO1.O=C(Cl)CC(=O)Cl. The van der Waals surface area contributed by atoms with Crippen molar-refractivity contribution in [2.24, 2.45) is 0 Å². The summed E-state index contributed by atoms with van der Waals surface area (Å²) in [5, 5.41) is 7.38. The van der Waals surface area contributed by atoms with E-state index in [1.54, 1.807) is 0 Å². The second-order valence-corrected chi connectivity index (χ2v) is 5.24. The van der Waals surface area contributed by atoms with Gasteiger partial charge in [-0.15, -0.1) is 0 Å². The van der Waals surface area contributed by atoms with Gasteiger partial charge in [-0.25, -0.2) is 4.79 Å². The van der Waals surface area contributed by atoms with Crippen LogP contribution < -0.4 is 0 Å². The molecule has 0 aliphatic carbocycles. The quantitative estimate of drug-likeness (QED) is 0.317. The van der Waals surface area contributed by atoms with Crippen LogP contribution in [0.25, 0.3) is 0 Å². The normalized spacial score (nSPS) is 18.6. The summed E-state index contributed by atoms with van der Waals surface area (Å²) in [5.74, 6) is -0.622. The molecule has 1 rings (SSSR count). The van der Waals surface area contributed by atoms with Gasteiger partial charge >= 0.3 is 5.97 Å². The van der Waals surface area contributed by atoms with E-state index < -0.39 is 22.6 Å². The molecule has 1 aliphatic heterocycles. The van der Waals surface area contributed by atoms with Crippen molar-refractivity contribution in [2.75, 3.05) is 19.8 Å². The number of hydrogen-bond acceptors (Lipinski definition) is 7. The average molecular weight is 359 g/mol. The molecule has 128 valence electrons. The van der Waals surface area contributed by atoms with E-state index in [1.807, 2.05) is 0 Å². The molecule has 0 aromatic rings. The minimum atomic E-state index is -1.07. The zero-order valence-electron chi connectivity index (χ0n) is 12.3. The molecule has 0 aromatic heterocycles. The Morgan fingerprint density at radius 2 is 1.86 bits per heavy atom. The molecule has 1 fully saturated rings. The first-order valence-electron chi connectivity index (χ1n) is 6.77. The fraction of sp³-hybridized carbons (Fsp3) is 0.769. The molecule has 7 nitrogen and oxygen atoms in total. The number of carbonyl (C=O) groups excluding carboxylic acids is 3. The maximum atomic E-state index is 10.8. The largest absolute Gasteiger partial charge is 0.461 e. The number of carbonyl (C=O) groups is 3. The molecule has 0 amide bonds. The molecule has 2 unspecified atom stereocenters. The Bertz CT molecular complexity index is 342. The smallest absolute Gasteiger partial charge is 0.334 e. The lowest BCUT2D eigenvalue weighted by atomic mass is 10.2. The Hall–Kier alpha value is -0.730. The minimum absolute atomic E-state index is 0.156. The zero-order chi connectivity index (χ0) is 17.0. The van der Waals surface area contributed by atoms with Crippen LogP contribution in [0.5, 0.6) is 0 Å². The Balaban J connectivity index is 0.000000534. The molecule has 0 radical (unpaired) electrons. The predicted octanol–water partition coefficient (Wildman–Crippen LogP) is 1.36. The summed E-state index contributed by atoms with van der Waals surface area (Å²) in [6.45, 7) is 2.57. The summed E-state index contributed by atoms with van der Waals surface area (Å²) < 4.78 is 15.4. The average Bonchev–Trinajstić information content (AvgIpc) is 2.43. The van der Waals surface area contributed by atoms with Crippen LogP contribution in [0.2, 0.25) is 0 Å².